The van der Waals surface area contributed by atoms with Crippen LogP contribution in [0.5, 0.6) is 5.75 Å². The van der Waals surface area contributed by atoms with Crippen LogP contribution in [0.25, 0.3) is 0 Å². The van der Waals surface area contributed by atoms with Crippen molar-refractivity contribution in [1.29, 1.82) is 0 Å². The van der Waals surface area contributed by atoms with Gasteiger partial charge < -0.3 is 4.43 Å². The first kappa shape index (κ1) is 12.6. The van der Waals surface area contributed by atoms with Gasteiger partial charge in [-0.05, 0) is 38.2 Å². The van der Waals surface area contributed by atoms with E-state index in [1.54, 1.807) is 6.20 Å². The van der Waals surface area contributed by atoms with Gasteiger partial charge in [0.05, 0.1) is 11.4 Å². The number of benzene rings is 1. The van der Waals surface area contributed by atoms with Crippen molar-refractivity contribution in [3.8, 4) is 5.75 Å². The molecule has 1 heterocycles. The third kappa shape index (κ3) is 3.07. The van der Waals surface area contributed by atoms with E-state index in [9.17, 15) is 0 Å². The minimum absolute atomic E-state index is 0.787. The third-order valence-corrected chi connectivity index (χ3v) is 2.99. The molecule has 1 N–H and O–H groups in total. The van der Waals surface area contributed by atoms with E-state index in [4.69, 9.17) is 4.43 Å². The van der Waals surface area contributed by atoms with Gasteiger partial charge in [-0.25, -0.2) is 4.99 Å². The van der Waals surface area contributed by atoms with Gasteiger partial charge in [-0.15, -0.1) is 0 Å². The second kappa shape index (κ2) is 5.64. The molecule has 18 heavy (non-hydrogen) atoms. The summed E-state index contributed by atoms with van der Waals surface area (Å²) >= 11 is 0. The lowest BCUT2D eigenvalue weighted by atomic mass is 10.2. The number of aromatic nitrogens is 2. The maximum Gasteiger partial charge on any atom is 0.274 e. The number of nitrogens with one attached hydrogen (secondary N) is 1. The van der Waals surface area contributed by atoms with Gasteiger partial charge in [0, 0.05) is 6.20 Å². The normalized spacial score (nSPS) is 11.9. The van der Waals surface area contributed by atoms with Crippen molar-refractivity contribution in [2.75, 3.05) is 0 Å². The lowest BCUT2D eigenvalue weighted by molar-refractivity contribution is 0.582. The lowest BCUT2D eigenvalue weighted by Crippen LogP contribution is -2.11. The molecule has 1 aromatic heterocycles. The van der Waals surface area contributed by atoms with Crippen LogP contribution in [0.2, 0.25) is 13.1 Å². The van der Waals surface area contributed by atoms with E-state index >= 15 is 0 Å². The van der Waals surface area contributed by atoms with Crippen molar-refractivity contribution in [3.63, 3.8) is 0 Å². The largest absolute Gasteiger partial charge is 0.541 e. The number of hydrogen-bond donors (Lipinski definition) is 1. The number of hydrogen-bond acceptors (Lipinski definition) is 3. The molecule has 0 aliphatic heterocycles. The number of para-hydroxylation sites is 2. The summed E-state index contributed by atoms with van der Waals surface area (Å²) in [5, 5.41) is 6.83. The minimum atomic E-state index is -0.787. The van der Waals surface area contributed by atoms with Crippen LogP contribution in [0, 0.1) is 0 Å². The Bertz CT molecular complexity index is 535. The van der Waals surface area contributed by atoms with Gasteiger partial charge in [0.2, 0.25) is 0 Å². The summed E-state index contributed by atoms with van der Waals surface area (Å²) in [4.78, 5) is 4.59. The van der Waals surface area contributed by atoms with Gasteiger partial charge in [-0.1, -0.05) is 12.1 Å². The molecule has 0 aliphatic rings. The fourth-order valence-corrected chi connectivity index (χ4v) is 2.17. The predicted octanol–water partition coefficient (Wildman–Crippen LogP) is 3.18. The van der Waals surface area contributed by atoms with E-state index in [1.807, 2.05) is 37.3 Å². The van der Waals surface area contributed by atoms with Crippen LogP contribution in [0.3, 0.4) is 0 Å². The average Bonchev–Trinajstić information content (AvgIpc) is 2.84. The Labute approximate surface area is 108 Å². The highest BCUT2D eigenvalue weighted by atomic mass is 28.3. The second-order valence-electron chi connectivity index (χ2n) is 4.15. The van der Waals surface area contributed by atoms with E-state index < -0.39 is 9.04 Å². The summed E-state index contributed by atoms with van der Waals surface area (Å²) in [6.45, 7) is 6.16. The summed E-state index contributed by atoms with van der Waals surface area (Å²) < 4.78 is 5.83. The Morgan fingerprint density at radius 2 is 2.06 bits per heavy atom. The molecule has 1 aromatic carbocycles. The second-order valence-corrected chi connectivity index (χ2v) is 6.17. The van der Waals surface area contributed by atoms with Crippen LogP contribution in [0.15, 0.2) is 41.5 Å². The quantitative estimate of drug-likeness (QED) is 0.676. The Morgan fingerprint density at radius 1 is 1.28 bits per heavy atom. The highest BCUT2D eigenvalue weighted by Crippen LogP contribution is 2.28. The average molecular weight is 258 g/mol. The van der Waals surface area contributed by atoms with Gasteiger partial charge in [0.1, 0.15) is 11.4 Å². The molecule has 2 aromatic rings. The molecule has 0 aliphatic carbocycles. The maximum atomic E-state index is 5.83. The number of rotatable bonds is 4. The molecule has 0 saturated carbocycles. The van der Waals surface area contributed by atoms with Crippen molar-refractivity contribution in [3.05, 3.63) is 42.2 Å². The Morgan fingerprint density at radius 3 is 2.72 bits per heavy atom. The van der Waals surface area contributed by atoms with Crippen LogP contribution < -0.4 is 4.43 Å². The maximum absolute atomic E-state index is 5.83. The van der Waals surface area contributed by atoms with Crippen molar-refractivity contribution < 1.29 is 4.43 Å². The number of aliphatic imine (C=N–C) groups is 1. The van der Waals surface area contributed by atoms with Crippen LogP contribution >= 0.6 is 0 Å². The third-order valence-electron chi connectivity index (χ3n) is 2.36. The number of H-pyrrole nitrogens is 1. The van der Waals surface area contributed by atoms with Crippen molar-refractivity contribution in [2.45, 2.75) is 20.0 Å². The summed E-state index contributed by atoms with van der Waals surface area (Å²) in [5.41, 5.74) is 2.67. The van der Waals surface area contributed by atoms with Crippen LogP contribution in [-0.2, 0) is 0 Å². The van der Waals surface area contributed by atoms with E-state index in [0.29, 0.717) is 0 Å². The fraction of sp³-hybridized carbons (Fsp3) is 0.231. The fourth-order valence-electron chi connectivity index (χ4n) is 1.55. The summed E-state index contributed by atoms with van der Waals surface area (Å²) in [6, 6.07) is 9.74. The summed E-state index contributed by atoms with van der Waals surface area (Å²) in [6.07, 6.45) is 1.72. The standard InChI is InChI=1S/C13H16N3OSi/c1-10(11-8-9-14-16-11)15-12-6-4-5-7-13(12)17-18(2)3/h4-9H,1-3H3,(H,14,16). The number of aromatic amines is 1. The molecule has 0 saturated heterocycles. The molecule has 0 bridgehead atoms. The smallest absolute Gasteiger partial charge is 0.274 e. The van der Waals surface area contributed by atoms with Crippen molar-refractivity contribution in [1.82, 2.24) is 10.2 Å². The van der Waals surface area contributed by atoms with Gasteiger partial charge in [-0.2, -0.15) is 5.10 Å². The molecular weight excluding hydrogens is 242 g/mol. The zero-order valence-electron chi connectivity index (χ0n) is 10.8. The van der Waals surface area contributed by atoms with Gasteiger partial charge in [-0.3, -0.25) is 5.10 Å². The van der Waals surface area contributed by atoms with Crippen molar-refractivity contribution in [2.24, 2.45) is 4.99 Å². The predicted molar refractivity (Wildman–Crippen MR) is 75.0 cm³/mol. The number of nitrogens with zero attached hydrogens (tertiary/aromatic N) is 2. The van der Waals surface area contributed by atoms with Crippen LogP contribution in [-0.4, -0.2) is 24.9 Å². The van der Waals surface area contributed by atoms with E-state index in [-0.39, 0.29) is 0 Å². The van der Waals surface area contributed by atoms with E-state index in [0.717, 1.165) is 22.8 Å². The van der Waals surface area contributed by atoms with Gasteiger partial charge in [0.25, 0.3) is 9.04 Å². The molecule has 0 spiro atoms. The molecule has 0 amide bonds. The van der Waals surface area contributed by atoms with E-state index in [1.165, 1.54) is 0 Å². The molecule has 1 radical (unpaired) electrons. The molecule has 0 fully saturated rings. The first-order valence-electron chi connectivity index (χ1n) is 5.79. The molecule has 2 rings (SSSR count). The molecule has 0 unspecified atom stereocenters. The summed E-state index contributed by atoms with van der Waals surface area (Å²) in [5.74, 6) is 0.843. The lowest BCUT2D eigenvalue weighted by Gasteiger charge is -2.11. The first-order valence-corrected chi connectivity index (χ1v) is 8.19. The molecule has 0 atom stereocenters. The Kier molecular flexibility index (Phi) is 3.94. The Hall–Kier alpha value is -1.88. The van der Waals surface area contributed by atoms with Gasteiger partial charge in [0.15, 0.2) is 0 Å². The highest BCUT2D eigenvalue weighted by molar-refractivity contribution is 6.49. The first-order chi connectivity index (χ1) is 8.66. The van der Waals surface area contributed by atoms with Gasteiger partial charge >= 0.3 is 0 Å². The highest BCUT2D eigenvalue weighted by Gasteiger charge is 2.06. The molecule has 93 valence electrons. The van der Waals surface area contributed by atoms with E-state index in [2.05, 4.69) is 28.3 Å². The van der Waals surface area contributed by atoms with Crippen LogP contribution in [0.1, 0.15) is 12.6 Å². The topological polar surface area (TPSA) is 50.3 Å². The zero-order valence-corrected chi connectivity index (χ0v) is 11.8. The van der Waals surface area contributed by atoms with Crippen molar-refractivity contribution >= 4 is 20.4 Å². The molecule has 4 nitrogen and oxygen atoms in total. The zero-order chi connectivity index (χ0) is 13.0. The Balaban J connectivity index is 2.31. The van der Waals surface area contributed by atoms with Crippen LogP contribution in [0.4, 0.5) is 5.69 Å². The molecular formula is C13H16N3OSi. The summed E-state index contributed by atoms with van der Waals surface area (Å²) in [7, 11) is -0.787. The monoisotopic (exact) mass is 258 g/mol. The minimum Gasteiger partial charge on any atom is -0.541 e. The SMILES string of the molecule is CC(=Nc1ccccc1O[Si](C)C)c1ccn[nH]1. The molecule has 5 heteroatoms.